The number of nitrogens with one attached hydrogen (secondary N) is 1. The highest BCUT2D eigenvalue weighted by molar-refractivity contribution is 5.95. The Morgan fingerprint density at radius 2 is 2.12 bits per heavy atom. The van der Waals surface area contributed by atoms with Crippen molar-refractivity contribution in [3.8, 4) is 0 Å². The number of nitrogens with zero attached hydrogens (tertiary/aromatic N) is 2. The van der Waals surface area contributed by atoms with Crippen molar-refractivity contribution in [3.63, 3.8) is 0 Å². The number of ether oxygens (including phenoxy) is 1. The van der Waals surface area contributed by atoms with Crippen LogP contribution in [0.2, 0.25) is 0 Å². The number of fused-ring (bicyclic) bond motifs is 1. The molecule has 1 aliphatic heterocycles. The summed E-state index contributed by atoms with van der Waals surface area (Å²) in [5, 5.41) is 2.26. The van der Waals surface area contributed by atoms with Gasteiger partial charge in [0.2, 0.25) is 0 Å². The number of carbonyl (C=O) groups is 2. The van der Waals surface area contributed by atoms with Crippen LogP contribution in [0.25, 0.3) is 0 Å². The highest BCUT2D eigenvalue weighted by atomic mass is 19.4. The van der Waals surface area contributed by atoms with Gasteiger partial charge < -0.3 is 15.0 Å². The second-order valence-electron chi connectivity index (χ2n) is 5.32. The molecule has 0 saturated heterocycles. The van der Waals surface area contributed by atoms with E-state index in [4.69, 9.17) is 4.74 Å². The summed E-state index contributed by atoms with van der Waals surface area (Å²) in [6.07, 6.45) is -2.55. The van der Waals surface area contributed by atoms with Crippen molar-refractivity contribution in [2.45, 2.75) is 32.5 Å². The third-order valence-corrected chi connectivity index (χ3v) is 3.60. The van der Waals surface area contributed by atoms with Gasteiger partial charge in [0.15, 0.2) is 0 Å². The molecule has 0 unspecified atom stereocenters. The number of halogens is 3. The number of carbonyl (C=O) groups excluding carboxylic acids is 2. The monoisotopic (exact) mass is 345 g/mol. The number of alkyl halides is 3. The van der Waals surface area contributed by atoms with Gasteiger partial charge >= 0.3 is 12.3 Å². The maximum atomic E-state index is 12.2. The van der Waals surface area contributed by atoms with Crippen LogP contribution in [0.4, 0.5) is 18.0 Å². The number of hydrogen-bond donors (Lipinski definition) is 1. The second-order valence-corrected chi connectivity index (χ2v) is 5.32. The number of amides is 2. The summed E-state index contributed by atoms with van der Waals surface area (Å²) in [5.41, 5.74) is 1.64. The van der Waals surface area contributed by atoms with Crippen LogP contribution < -0.4 is 5.32 Å². The molecule has 0 radical (unpaired) electrons. The van der Waals surface area contributed by atoms with E-state index in [1.807, 2.05) is 0 Å². The Morgan fingerprint density at radius 3 is 2.79 bits per heavy atom. The van der Waals surface area contributed by atoms with Crippen molar-refractivity contribution in [3.05, 3.63) is 29.1 Å². The molecule has 0 bridgehead atoms. The highest BCUT2D eigenvalue weighted by Crippen LogP contribution is 2.22. The van der Waals surface area contributed by atoms with Crippen LogP contribution in [-0.4, -0.2) is 47.8 Å². The molecule has 1 aromatic heterocycles. The molecule has 1 aliphatic rings. The largest absolute Gasteiger partial charge is 0.450 e. The molecule has 9 heteroatoms. The normalized spacial score (nSPS) is 14.1. The predicted molar refractivity (Wildman–Crippen MR) is 78.4 cm³/mol. The minimum Gasteiger partial charge on any atom is -0.450 e. The lowest BCUT2D eigenvalue weighted by Gasteiger charge is -2.28. The summed E-state index contributed by atoms with van der Waals surface area (Å²) in [6.45, 7) is 2.12. The van der Waals surface area contributed by atoms with Gasteiger partial charge in [-0.25, -0.2) is 4.79 Å². The lowest BCUT2D eigenvalue weighted by molar-refractivity contribution is -0.132. The molecule has 24 heavy (non-hydrogen) atoms. The zero-order valence-corrected chi connectivity index (χ0v) is 13.2. The molecule has 0 aromatic carbocycles. The Morgan fingerprint density at radius 1 is 1.38 bits per heavy atom. The van der Waals surface area contributed by atoms with Gasteiger partial charge in [-0.05, 0) is 24.5 Å². The Bertz CT molecular complexity index is 620. The fourth-order valence-corrected chi connectivity index (χ4v) is 2.47. The third-order valence-electron chi connectivity index (χ3n) is 3.60. The summed E-state index contributed by atoms with van der Waals surface area (Å²) in [6, 6.07) is 0. The Kier molecular flexibility index (Phi) is 5.63. The maximum Gasteiger partial charge on any atom is 0.410 e. The fraction of sp³-hybridized carbons (Fsp3) is 0.533. The van der Waals surface area contributed by atoms with Crippen LogP contribution >= 0.6 is 0 Å². The Balaban J connectivity index is 2.06. The molecule has 2 amide bonds. The van der Waals surface area contributed by atoms with Crippen molar-refractivity contribution in [2.24, 2.45) is 0 Å². The van der Waals surface area contributed by atoms with E-state index in [2.05, 4.69) is 10.3 Å². The van der Waals surface area contributed by atoms with Gasteiger partial charge in [0.05, 0.1) is 25.1 Å². The average Bonchev–Trinajstić information content (AvgIpc) is 2.52. The first kappa shape index (κ1) is 18.0. The van der Waals surface area contributed by atoms with E-state index < -0.39 is 31.1 Å². The van der Waals surface area contributed by atoms with E-state index in [0.717, 1.165) is 0 Å². The lowest BCUT2D eigenvalue weighted by atomic mass is 9.97. The van der Waals surface area contributed by atoms with Gasteiger partial charge in [-0.1, -0.05) is 0 Å². The van der Waals surface area contributed by atoms with Crippen molar-refractivity contribution < 1.29 is 27.5 Å². The van der Waals surface area contributed by atoms with Crippen molar-refractivity contribution in [1.29, 1.82) is 0 Å². The summed E-state index contributed by atoms with van der Waals surface area (Å²) < 4.78 is 41.4. The predicted octanol–water partition coefficient (Wildman–Crippen LogP) is 2.28. The third kappa shape index (κ3) is 4.59. The Labute approximate surface area is 137 Å². The van der Waals surface area contributed by atoms with E-state index in [9.17, 15) is 22.8 Å². The van der Waals surface area contributed by atoms with Crippen LogP contribution in [0.15, 0.2) is 12.4 Å². The van der Waals surface area contributed by atoms with Gasteiger partial charge in [-0.2, -0.15) is 13.2 Å². The van der Waals surface area contributed by atoms with Gasteiger partial charge in [-0.15, -0.1) is 0 Å². The number of hydrogen-bond acceptors (Lipinski definition) is 4. The smallest absolute Gasteiger partial charge is 0.410 e. The minimum absolute atomic E-state index is 0.248. The van der Waals surface area contributed by atoms with Crippen LogP contribution in [0.1, 0.15) is 34.8 Å². The molecule has 6 nitrogen and oxygen atoms in total. The molecule has 0 saturated carbocycles. The van der Waals surface area contributed by atoms with E-state index in [0.29, 0.717) is 24.1 Å². The van der Waals surface area contributed by atoms with Gasteiger partial charge in [0.25, 0.3) is 5.91 Å². The molecule has 2 rings (SSSR count). The minimum atomic E-state index is -4.32. The van der Waals surface area contributed by atoms with Crippen molar-refractivity contribution in [2.75, 3.05) is 19.7 Å². The summed E-state index contributed by atoms with van der Waals surface area (Å²) in [5.74, 6) is -0.590. The first-order valence-electron chi connectivity index (χ1n) is 7.54. The number of aromatic nitrogens is 1. The number of pyridine rings is 1. The second kappa shape index (κ2) is 7.50. The quantitative estimate of drug-likeness (QED) is 0.909. The summed E-state index contributed by atoms with van der Waals surface area (Å²) >= 11 is 0. The first-order valence-corrected chi connectivity index (χ1v) is 7.54. The van der Waals surface area contributed by atoms with Crippen LogP contribution in [0.3, 0.4) is 0 Å². The topological polar surface area (TPSA) is 71.5 Å². The highest BCUT2D eigenvalue weighted by Gasteiger charge is 2.28. The van der Waals surface area contributed by atoms with Crippen LogP contribution in [0.5, 0.6) is 0 Å². The van der Waals surface area contributed by atoms with Crippen LogP contribution in [-0.2, 0) is 17.7 Å². The van der Waals surface area contributed by atoms with Crippen molar-refractivity contribution >= 4 is 12.0 Å². The fourth-order valence-electron chi connectivity index (χ4n) is 2.47. The maximum absolute atomic E-state index is 12.2. The molecule has 132 valence electrons. The van der Waals surface area contributed by atoms with E-state index in [-0.39, 0.29) is 18.7 Å². The molecule has 1 N–H and O–H groups in total. The van der Waals surface area contributed by atoms with Gasteiger partial charge in [0.1, 0.15) is 0 Å². The first-order chi connectivity index (χ1) is 11.3. The summed E-state index contributed by atoms with van der Waals surface area (Å²) in [4.78, 5) is 29.3. The van der Waals surface area contributed by atoms with E-state index in [1.165, 1.54) is 11.1 Å². The molecule has 0 fully saturated rings. The standard InChI is InChI=1S/C15H18F3N3O3/c1-2-24-14(23)21-6-3-11-10(9-21)7-19-8-12(11)13(22)20-5-4-15(16,17)18/h7-8H,2-6,9H2,1H3,(H,20,22). The SMILES string of the molecule is CCOC(=O)N1CCc2c(cncc2C(=O)NCCC(F)(F)F)C1. The number of rotatable bonds is 4. The zero-order chi connectivity index (χ0) is 17.7. The molecule has 2 heterocycles. The molecule has 0 aliphatic carbocycles. The molecular weight excluding hydrogens is 327 g/mol. The van der Waals surface area contributed by atoms with Gasteiger partial charge in [0, 0.05) is 25.5 Å². The molecule has 1 aromatic rings. The molecular formula is C15H18F3N3O3. The summed E-state index contributed by atoms with van der Waals surface area (Å²) in [7, 11) is 0. The average molecular weight is 345 g/mol. The zero-order valence-electron chi connectivity index (χ0n) is 13.2. The lowest BCUT2D eigenvalue weighted by Crippen LogP contribution is -2.38. The van der Waals surface area contributed by atoms with Gasteiger partial charge in [-0.3, -0.25) is 9.78 Å². The van der Waals surface area contributed by atoms with E-state index >= 15 is 0 Å². The van der Waals surface area contributed by atoms with Crippen molar-refractivity contribution in [1.82, 2.24) is 15.2 Å². The molecule has 0 atom stereocenters. The van der Waals surface area contributed by atoms with E-state index in [1.54, 1.807) is 13.1 Å². The van der Waals surface area contributed by atoms with Crippen LogP contribution in [0, 0.1) is 0 Å². The molecule has 0 spiro atoms. The Hall–Kier alpha value is -2.32.